The number of carbonyl (C=O) groups is 1. The minimum absolute atomic E-state index is 0.282. The van der Waals surface area contributed by atoms with Crippen molar-refractivity contribution in [3.63, 3.8) is 0 Å². The van der Waals surface area contributed by atoms with Gasteiger partial charge < -0.3 is 4.74 Å². The van der Waals surface area contributed by atoms with Gasteiger partial charge in [-0.2, -0.15) is 0 Å². The van der Waals surface area contributed by atoms with Crippen LogP contribution in [0.15, 0.2) is 5.17 Å². The molecule has 11 heavy (non-hydrogen) atoms. The molecule has 2 nitrogen and oxygen atoms in total. The molecule has 64 valence electrons. The van der Waals surface area contributed by atoms with Crippen LogP contribution < -0.4 is 0 Å². The molecular weight excluding hydrogens is 553 g/mol. The van der Waals surface area contributed by atoms with Crippen LogP contribution in [0.1, 0.15) is 6.92 Å². The van der Waals surface area contributed by atoms with Crippen molar-refractivity contribution in [2.75, 3.05) is 0 Å². The van der Waals surface area contributed by atoms with Crippen LogP contribution in [0.2, 0.25) is 0 Å². The van der Waals surface area contributed by atoms with Crippen LogP contribution in [-0.4, -0.2) is 11.0 Å². The smallest absolute Gasteiger partial charge is 0.304 e. The normalized spacial score (nSPS) is 12.1. The van der Waals surface area contributed by atoms with Gasteiger partial charge in [-0.3, -0.25) is 4.79 Å². The van der Waals surface area contributed by atoms with Gasteiger partial charge in [-0.1, -0.05) is 0 Å². The van der Waals surface area contributed by atoms with E-state index in [0.717, 1.165) is 5.17 Å². The maximum Gasteiger partial charge on any atom is 0.304 e. The zero-order valence-corrected chi connectivity index (χ0v) is 13.5. The fourth-order valence-electron chi connectivity index (χ4n) is 0.283. The third-order valence-electron chi connectivity index (χ3n) is 0.649. The average Bonchev–Trinajstić information content (AvgIpc) is 1.84. The minimum Gasteiger partial charge on any atom is -0.445 e. The first-order chi connectivity index (χ1) is 4.95. The molecule has 1 unspecified atom stereocenters. The molecule has 0 heterocycles. The van der Waals surface area contributed by atoms with Gasteiger partial charge in [0, 0.05) is 6.92 Å². The summed E-state index contributed by atoms with van der Waals surface area (Å²) in [5, 5.41) is -0.301. The fourth-order valence-corrected chi connectivity index (χ4v) is 2.32. The summed E-state index contributed by atoms with van der Waals surface area (Å²) in [7, 11) is 0. The topological polar surface area (TPSA) is 26.3 Å². The molecule has 0 amide bonds. The first kappa shape index (κ1) is 12.9. The molecule has 0 radical (unpaired) electrons. The molecule has 0 N–H and O–H groups in total. The van der Waals surface area contributed by atoms with E-state index in [4.69, 9.17) is 4.74 Å². The Kier molecular flexibility index (Phi) is 7.44. The summed E-state index contributed by atoms with van der Waals surface area (Å²) >= 11 is 9.69. The summed E-state index contributed by atoms with van der Waals surface area (Å²) in [6.07, 6.45) is 0. The maximum absolute atomic E-state index is 10.5. The molecule has 1 atom stereocenters. The van der Waals surface area contributed by atoms with Crippen molar-refractivity contribution in [3.05, 3.63) is 5.17 Å². The van der Waals surface area contributed by atoms with E-state index < -0.39 is 0 Å². The van der Waals surface area contributed by atoms with E-state index >= 15 is 0 Å². The monoisotopic (exact) mass is 556 g/mol. The van der Waals surface area contributed by atoms with E-state index in [-0.39, 0.29) is 11.0 Å². The van der Waals surface area contributed by atoms with Crippen molar-refractivity contribution in [1.82, 2.24) is 0 Å². The third-order valence-corrected chi connectivity index (χ3v) is 6.48. The predicted molar refractivity (Wildman–Crippen MR) is 73.6 cm³/mol. The van der Waals surface area contributed by atoms with Crippen molar-refractivity contribution in [2.45, 2.75) is 11.9 Å². The Labute approximate surface area is 114 Å². The molecule has 0 fully saturated rings. The van der Waals surface area contributed by atoms with E-state index in [9.17, 15) is 4.79 Å². The molecule has 0 aliphatic heterocycles. The molecule has 0 saturated carbocycles. The highest BCUT2D eigenvalue weighted by atomic mass is 127. The molecule has 0 aliphatic rings. The lowest BCUT2D eigenvalue weighted by Crippen LogP contribution is -2.08. The number of hydrogen-bond acceptors (Lipinski definition) is 2. The summed E-state index contributed by atoms with van der Waals surface area (Å²) in [6.45, 7) is 1.39. The molecule has 0 aromatic heterocycles. The van der Waals surface area contributed by atoms with Gasteiger partial charge in [0.2, 0.25) is 0 Å². The van der Waals surface area contributed by atoms with E-state index in [0.29, 0.717) is 0 Å². The predicted octanol–water partition coefficient (Wildman–Crippen LogP) is 3.74. The molecule has 0 aliphatic carbocycles. The first-order valence-corrected chi connectivity index (χ1v) is 6.62. The number of esters is 1. The van der Waals surface area contributed by atoms with Gasteiger partial charge in [0.05, 0.1) is 5.17 Å². The summed E-state index contributed by atoms with van der Waals surface area (Å²) < 4.78 is 6.95. The van der Waals surface area contributed by atoms with Crippen LogP contribution in [0, 0.1) is 0 Å². The summed E-state index contributed by atoms with van der Waals surface area (Å²) in [4.78, 5) is 10.5. The number of carbonyl (C=O) groups excluding carboxylic acids is 1. The van der Waals surface area contributed by atoms with Crippen molar-refractivity contribution in [1.29, 1.82) is 0 Å². The summed E-state index contributed by atoms with van der Waals surface area (Å²) in [6, 6.07) is 0. The molecule has 6 heteroatoms. The maximum atomic E-state index is 10.5. The molecule has 0 saturated heterocycles. The van der Waals surface area contributed by atoms with Gasteiger partial charge in [-0.05, 0) is 83.7 Å². The zero-order chi connectivity index (χ0) is 9.02. The Morgan fingerprint density at radius 2 is 1.91 bits per heavy atom. The first-order valence-electron chi connectivity index (χ1n) is 2.47. The number of hydrogen-bond donors (Lipinski definition) is 0. The van der Waals surface area contributed by atoms with Crippen LogP contribution in [0.5, 0.6) is 0 Å². The number of halogens is 4. The van der Waals surface area contributed by atoms with E-state index in [1.54, 1.807) is 0 Å². The quantitative estimate of drug-likeness (QED) is 0.294. The van der Waals surface area contributed by atoms with Gasteiger partial charge in [-0.15, -0.1) is 0 Å². The van der Waals surface area contributed by atoms with Crippen molar-refractivity contribution in [3.8, 4) is 0 Å². The van der Waals surface area contributed by atoms with Crippen LogP contribution >= 0.6 is 83.7 Å². The Hall–Kier alpha value is 1.88. The Balaban J connectivity index is 4.15. The van der Waals surface area contributed by atoms with Crippen LogP contribution in [0.25, 0.3) is 0 Å². The van der Waals surface area contributed by atoms with E-state index in [1.165, 1.54) is 6.92 Å². The standard InChI is InChI=1S/C5H4BrI3O2/c1-2(10)11-4(6)3(7)5(8)9/h4H,1H3. The van der Waals surface area contributed by atoms with Crippen molar-refractivity contribution >= 4 is 89.7 Å². The van der Waals surface area contributed by atoms with E-state index in [2.05, 4.69) is 83.7 Å². The average molecular weight is 557 g/mol. The summed E-state index contributed by atoms with van der Waals surface area (Å²) in [5.41, 5.74) is 0. The molecule has 0 spiro atoms. The van der Waals surface area contributed by atoms with Gasteiger partial charge >= 0.3 is 5.97 Å². The minimum atomic E-state index is -0.301. The van der Waals surface area contributed by atoms with Gasteiger partial charge in [-0.25, -0.2) is 0 Å². The third kappa shape index (κ3) is 6.02. The number of rotatable bonds is 2. The molecule has 0 aromatic rings. The van der Waals surface area contributed by atoms with Crippen LogP contribution in [0.3, 0.4) is 0 Å². The molecule has 0 rings (SSSR count). The van der Waals surface area contributed by atoms with Crippen LogP contribution in [0.4, 0.5) is 0 Å². The van der Waals surface area contributed by atoms with Gasteiger partial charge in [0.25, 0.3) is 0 Å². The van der Waals surface area contributed by atoms with Gasteiger partial charge in [0.1, 0.15) is 0 Å². The largest absolute Gasteiger partial charge is 0.445 e. The van der Waals surface area contributed by atoms with Crippen LogP contribution in [-0.2, 0) is 9.53 Å². The van der Waals surface area contributed by atoms with Gasteiger partial charge in [0.15, 0.2) is 5.01 Å². The highest BCUT2D eigenvalue weighted by molar-refractivity contribution is 14.2. The SMILES string of the molecule is CC(=O)OC(Br)C(I)=C(I)I. The number of alkyl halides is 1. The highest BCUT2D eigenvalue weighted by Gasteiger charge is 2.12. The summed E-state index contributed by atoms with van der Waals surface area (Å²) in [5.74, 6) is -0.282. The zero-order valence-electron chi connectivity index (χ0n) is 5.41. The highest BCUT2D eigenvalue weighted by Crippen LogP contribution is 2.31. The molecule has 0 bridgehead atoms. The molecule has 0 aromatic carbocycles. The van der Waals surface area contributed by atoms with Crippen molar-refractivity contribution in [2.24, 2.45) is 0 Å². The Morgan fingerprint density at radius 3 is 2.18 bits per heavy atom. The van der Waals surface area contributed by atoms with E-state index in [1.807, 2.05) is 0 Å². The number of ether oxygens (including phenoxy) is 1. The Morgan fingerprint density at radius 1 is 1.45 bits per heavy atom. The van der Waals surface area contributed by atoms with Crippen molar-refractivity contribution < 1.29 is 9.53 Å². The second-order valence-electron chi connectivity index (χ2n) is 1.53. The lowest BCUT2D eigenvalue weighted by Gasteiger charge is -2.08. The lowest BCUT2D eigenvalue weighted by molar-refractivity contribution is -0.140. The second kappa shape index (κ2) is 6.35. The second-order valence-corrected chi connectivity index (χ2v) is 7.75. The lowest BCUT2D eigenvalue weighted by atomic mass is 10.7. The Bertz CT molecular complexity index is 188. The fraction of sp³-hybridized carbons (Fsp3) is 0.400. The molecular formula is C5H4BrI3O2.